The van der Waals surface area contributed by atoms with Crippen molar-refractivity contribution in [2.75, 3.05) is 18.0 Å². The predicted octanol–water partition coefficient (Wildman–Crippen LogP) is 1.69. The third kappa shape index (κ3) is 3.69. The van der Waals surface area contributed by atoms with Gasteiger partial charge in [0.05, 0.1) is 6.54 Å². The van der Waals surface area contributed by atoms with Gasteiger partial charge in [0.1, 0.15) is 0 Å². The Bertz CT molecular complexity index is 1390. The summed E-state index contributed by atoms with van der Waals surface area (Å²) in [6, 6.07) is 9.46. The number of allylic oxidation sites excluding steroid dienone is 2. The fraction of sp³-hybridized carbons (Fsp3) is 0.440. The Labute approximate surface area is 197 Å². The molecule has 2 aromatic heterocycles. The molecule has 9 heteroatoms. The number of aromatic nitrogens is 4. The van der Waals surface area contributed by atoms with Gasteiger partial charge in [-0.1, -0.05) is 42.0 Å². The number of fused-ring (bicyclic) bond motifs is 2. The monoisotopic (exact) mass is 462 g/mol. The van der Waals surface area contributed by atoms with Gasteiger partial charge >= 0.3 is 5.69 Å². The smallest absolute Gasteiger partial charge is 0.332 e. The molecule has 0 unspecified atom stereocenters. The molecule has 0 saturated carbocycles. The van der Waals surface area contributed by atoms with Crippen molar-refractivity contribution in [2.45, 2.75) is 51.9 Å². The number of nitrogens with one attached hydrogen (secondary N) is 1. The average Bonchev–Trinajstić information content (AvgIpc) is 3.54. The minimum Gasteiger partial charge on any atom is -0.338 e. The fourth-order valence-electron chi connectivity index (χ4n) is 5.14. The van der Waals surface area contributed by atoms with Crippen LogP contribution in [0.3, 0.4) is 0 Å². The van der Waals surface area contributed by atoms with Gasteiger partial charge < -0.3 is 14.8 Å². The molecule has 2 fully saturated rings. The molecule has 4 heterocycles. The van der Waals surface area contributed by atoms with Crippen molar-refractivity contribution < 1.29 is 4.79 Å². The quantitative estimate of drug-likeness (QED) is 0.443. The lowest BCUT2D eigenvalue weighted by Crippen LogP contribution is -2.41. The first-order chi connectivity index (χ1) is 16.4. The summed E-state index contributed by atoms with van der Waals surface area (Å²) >= 11 is 0. The van der Waals surface area contributed by atoms with Gasteiger partial charge in [-0.25, -0.2) is 4.79 Å². The Balaban J connectivity index is 1.67. The van der Waals surface area contributed by atoms with Gasteiger partial charge in [-0.2, -0.15) is 4.98 Å². The molecule has 178 valence electrons. The summed E-state index contributed by atoms with van der Waals surface area (Å²) in [6.45, 7) is 5.99. The molecule has 0 radical (unpaired) electrons. The minimum absolute atomic E-state index is 0.283. The number of carbonyl (C=O) groups excluding carboxylic acids is 1. The van der Waals surface area contributed by atoms with Crippen LogP contribution in [0.1, 0.15) is 37.0 Å². The highest BCUT2D eigenvalue weighted by molar-refractivity contribution is 5.95. The van der Waals surface area contributed by atoms with E-state index >= 15 is 0 Å². The minimum atomic E-state index is -0.540. The van der Waals surface area contributed by atoms with E-state index in [2.05, 4.69) is 16.3 Å². The van der Waals surface area contributed by atoms with Crippen LogP contribution in [0.25, 0.3) is 11.2 Å². The lowest BCUT2D eigenvalue weighted by atomic mass is 10.1. The number of aryl methyl sites for hydroxylation is 1. The number of carbonyl (C=O) groups is 1. The van der Waals surface area contributed by atoms with Gasteiger partial charge in [-0.05, 0) is 33.2 Å². The maximum atomic E-state index is 13.7. The van der Waals surface area contributed by atoms with Gasteiger partial charge in [0.25, 0.3) is 5.56 Å². The van der Waals surface area contributed by atoms with E-state index in [-0.39, 0.29) is 12.3 Å². The summed E-state index contributed by atoms with van der Waals surface area (Å²) < 4.78 is 4.33. The van der Waals surface area contributed by atoms with Crippen molar-refractivity contribution in [1.29, 1.82) is 0 Å². The van der Waals surface area contributed by atoms with Crippen LogP contribution < -0.4 is 21.5 Å². The summed E-state index contributed by atoms with van der Waals surface area (Å²) in [6.07, 6.45) is 4.09. The van der Waals surface area contributed by atoms with E-state index in [1.165, 1.54) is 4.57 Å². The largest absolute Gasteiger partial charge is 0.338 e. The van der Waals surface area contributed by atoms with Crippen LogP contribution in [0.2, 0.25) is 0 Å². The second-order valence-corrected chi connectivity index (χ2v) is 9.40. The zero-order valence-corrected chi connectivity index (χ0v) is 19.8. The molecule has 2 aliphatic heterocycles. The molecule has 0 amide bonds. The molecule has 34 heavy (non-hydrogen) atoms. The van der Waals surface area contributed by atoms with Crippen molar-refractivity contribution >= 4 is 22.9 Å². The van der Waals surface area contributed by atoms with Crippen molar-refractivity contribution in [3.63, 3.8) is 0 Å². The summed E-state index contributed by atoms with van der Waals surface area (Å²) in [4.78, 5) is 46.8. The second kappa shape index (κ2) is 8.72. The van der Waals surface area contributed by atoms with Crippen LogP contribution in [0, 0.1) is 0 Å². The Morgan fingerprint density at radius 3 is 2.65 bits per heavy atom. The summed E-state index contributed by atoms with van der Waals surface area (Å²) in [5, 5.41) is 3.55. The molecule has 1 N–H and O–H groups in total. The number of hydrogen-bond acceptors (Lipinski definition) is 6. The summed E-state index contributed by atoms with van der Waals surface area (Å²) in [5.74, 6) is 0.428. The van der Waals surface area contributed by atoms with Crippen LogP contribution in [0.15, 0.2) is 51.6 Å². The Hall–Kier alpha value is -3.46. The number of anilines is 1. The molecular formula is C25H30N6O3. The number of Topliss-reactive ketones (excluding diaryl/α,β-unsaturated/α-hetero) is 1. The molecular weight excluding hydrogens is 432 g/mol. The van der Waals surface area contributed by atoms with E-state index < -0.39 is 11.2 Å². The molecule has 3 aromatic rings. The summed E-state index contributed by atoms with van der Waals surface area (Å²) in [5.41, 5.74) is 1.27. The standard InChI is InChI=1S/C25H30N6O3/c1-16(2)10-13-30-21-22(27-24(30)29-14-11-18-19(29)9-12-26-18)28(3)25(34)31(23(21)33)15-20(32)17-7-5-4-6-8-17/h4-8,10,18-19,26H,9,11-15H2,1-3H3/t18-,19-/m0/s1. The van der Waals surface area contributed by atoms with Gasteiger partial charge in [0.2, 0.25) is 5.95 Å². The van der Waals surface area contributed by atoms with Crippen LogP contribution in [0.4, 0.5) is 5.95 Å². The number of nitrogens with zero attached hydrogens (tertiary/aromatic N) is 5. The number of hydrogen-bond donors (Lipinski definition) is 1. The third-order valence-electron chi connectivity index (χ3n) is 6.94. The third-order valence-corrected chi connectivity index (χ3v) is 6.94. The first-order valence-corrected chi connectivity index (χ1v) is 11.8. The van der Waals surface area contributed by atoms with E-state index in [1.807, 2.05) is 24.5 Å². The van der Waals surface area contributed by atoms with Gasteiger partial charge in [-0.15, -0.1) is 0 Å². The highest BCUT2D eigenvalue weighted by Crippen LogP contribution is 2.31. The lowest BCUT2D eigenvalue weighted by molar-refractivity contribution is 0.0969. The fourth-order valence-corrected chi connectivity index (χ4v) is 5.14. The molecule has 5 rings (SSSR count). The number of imidazole rings is 1. The maximum absolute atomic E-state index is 13.7. The first kappa shape index (κ1) is 22.3. The number of rotatable bonds is 6. The van der Waals surface area contributed by atoms with Crippen LogP contribution in [-0.2, 0) is 20.1 Å². The molecule has 9 nitrogen and oxygen atoms in total. The Kier molecular flexibility index (Phi) is 5.73. The second-order valence-electron chi connectivity index (χ2n) is 9.40. The molecule has 2 aliphatic rings. The van der Waals surface area contributed by atoms with E-state index in [4.69, 9.17) is 4.98 Å². The van der Waals surface area contributed by atoms with E-state index in [1.54, 1.807) is 31.3 Å². The van der Waals surface area contributed by atoms with Gasteiger partial charge in [-0.3, -0.25) is 18.7 Å². The molecule has 1 aromatic carbocycles. The maximum Gasteiger partial charge on any atom is 0.332 e. The van der Waals surface area contributed by atoms with E-state index in [9.17, 15) is 14.4 Å². The van der Waals surface area contributed by atoms with Crippen molar-refractivity contribution in [2.24, 2.45) is 7.05 Å². The summed E-state index contributed by atoms with van der Waals surface area (Å²) in [7, 11) is 1.61. The van der Waals surface area contributed by atoms with Crippen molar-refractivity contribution in [3.05, 3.63) is 68.4 Å². The first-order valence-electron chi connectivity index (χ1n) is 11.8. The van der Waals surface area contributed by atoms with Crippen molar-refractivity contribution in [3.8, 4) is 0 Å². The van der Waals surface area contributed by atoms with E-state index in [0.717, 1.165) is 36.1 Å². The number of ketones is 1. The van der Waals surface area contributed by atoms with E-state index in [0.29, 0.717) is 41.3 Å². The normalized spacial score (nSPS) is 19.6. The average molecular weight is 463 g/mol. The highest BCUT2D eigenvalue weighted by atomic mass is 16.2. The zero-order chi connectivity index (χ0) is 24.0. The molecule has 2 atom stereocenters. The molecule has 2 saturated heterocycles. The SMILES string of the molecule is CC(C)=CCn1c(N2CC[C@@H]3NCC[C@@H]32)nc2c1c(=O)n(CC(=O)c1ccccc1)c(=O)n2C. The van der Waals surface area contributed by atoms with Crippen LogP contribution >= 0.6 is 0 Å². The lowest BCUT2D eigenvalue weighted by Gasteiger charge is -2.25. The van der Waals surface area contributed by atoms with Crippen LogP contribution in [0.5, 0.6) is 0 Å². The topological polar surface area (TPSA) is 94.2 Å². The zero-order valence-electron chi connectivity index (χ0n) is 19.8. The predicted molar refractivity (Wildman–Crippen MR) is 132 cm³/mol. The van der Waals surface area contributed by atoms with Gasteiger partial charge in [0.15, 0.2) is 16.9 Å². The van der Waals surface area contributed by atoms with Crippen LogP contribution in [-0.4, -0.2) is 49.6 Å². The molecule has 0 spiro atoms. The molecule has 0 aliphatic carbocycles. The number of benzene rings is 1. The highest BCUT2D eigenvalue weighted by Gasteiger charge is 2.40. The Morgan fingerprint density at radius 2 is 1.91 bits per heavy atom. The van der Waals surface area contributed by atoms with Crippen molar-refractivity contribution in [1.82, 2.24) is 24.0 Å². The Morgan fingerprint density at radius 1 is 1.15 bits per heavy atom. The van der Waals surface area contributed by atoms with Gasteiger partial charge in [0, 0.05) is 37.8 Å². The molecule has 0 bridgehead atoms.